The number of methoxy groups -OCH3 is 1. The minimum atomic E-state index is 0.147. The van der Waals surface area contributed by atoms with Crippen molar-refractivity contribution in [1.82, 2.24) is 9.91 Å². The lowest BCUT2D eigenvalue weighted by Crippen LogP contribution is -2.41. The van der Waals surface area contributed by atoms with Crippen molar-refractivity contribution in [2.24, 2.45) is 5.10 Å². The Hall–Kier alpha value is -1.75. The molecule has 0 bridgehead atoms. The molecule has 2 rings (SSSR count). The molecule has 1 aromatic rings. The van der Waals surface area contributed by atoms with Crippen LogP contribution >= 0.6 is 0 Å². The lowest BCUT2D eigenvalue weighted by molar-refractivity contribution is 0.159. The van der Waals surface area contributed by atoms with Crippen molar-refractivity contribution in [2.75, 3.05) is 40.3 Å². The maximum Gasteiger partial charge on any atom is 0.161 e. The van der Waals surface area contributed by atoms with Crippen molar-refractivity contribution < 1.29 is 9.84 Å². The second-order valence-corrected chi connectivity index (χ2v) is 4.43. The Morgan fingerprint density at radius 3 is 2.67 bits per heavy atom. The highest BCUT2D eigenvalue weighted by Crippen LogP contribution is 2.25. The normalized spacial score (nSPS) is 17.3. The third-order valence-corrected chi connectivity index (χ3v) is 3.05. The molecule has 1 aliphatic heterocycles. The zero-order valence-electron chi connectivity index (χ0n) is 10.8. The van der Waals surface area contributed by atoms with Gasteiger partial charge in [0, 0.05) is 26.2 Å². The Labute approximate surface area is 107 Å². The molecule has 0 spiro atoms. The number of hydrogen-bond donors (Lipinski definition) is 1. The molecule has 1 saturated heterocycles. The topological polar surface area (TPSA) is 48.3 Å². The summed E-state index contributed by atoms with van der Waals surface area (Å²) in [5.41, 5.74) is 0.920. The van der Waals surface area contributed by atoms with E-state index in [4.69, 9.17) is 4.74 Å². The van der Waals surface area contributed by atoms with Crippen LogP contribution in [0.2, 0.25) is 0 Å². The van der Waals surface area contributed by atoms with Gasteiger partial charge < -0.3 is 14.7 Å². The van der Waals surface area contributed by atoms with Gasteiger partial charge in [-0.1, -0.05) is 0 Å². The lowest BCUT2D eigenvalue weighted by Gasteiger charge is -2.30. The average molecular weight is 249 g/mol. The Kier molecular flexibility index (Phi) is 4.04. The molecule has 0 unspecified atom stereocenters. The molecule has 0 saturated carbocycles. The van der Waals surface area contributed by atoms with E-state index >= 15 is 0 Å². The first-order valence-electron chi connectivity index (χ1n) is 6.03. The number of ether oxygens (including phenoxy) is 1. The molecular weight excluding hydrogens is 230 g/mol. The summed E-state index contributed by atoms with van der Waals surface area (Å²) < 4.78 is 5.06. The second-order valence-electron chi connectivity index (χ2n) is 4.43. The molecule has 1 fully saturated rings. The van der Waals surface area contributed by atoms with Crippen LogP contribution in [0, 0.1) is 0 Å². The Morgan fingerprint density at radius 2 is 2.00 bits per heavy atom. The van der Waals surface area contributed by atoms with E-state index in [-0.39, 0.29) is 5.75 Å². The number of rotatable bonds is 3. The van der Waals surface area contributed by atoms with Gasteiger partial charge in [0.25, 0.3) is 0 Å². The van der Waals surface area contributed by atoms with Crippen molar-refractivity contribution in [3.05, 3.63) is 23.8 Å². The number of likely N-dealkylation sites (N-methyl/N-ethyl adjacent to an activating group) is 1. The van der Waals surface area contributed by atoms with Crippen LogP contribution in [0.4, 0.5) is 0 Å². The highest BCUT2D eigenvalue weighted by Gasteiger charge is 2.10. The van der Waals surface area contributed by atoms with Gasteiger partial charge in [-0.25, -0.2) is 0 Å². The summed E-state index contributed by atoms with van der Waals surface area (Å²) >= 11 is 0. The fourth-order valence-electron chi connectivity index (χ4n) is 1.83. The van der Waals surface area contributed by atoms with E-state index in [0.717, 1.165) is 31.7 Å². The smallest absolute Gasteiger partial charge is 0.161 e. The van der Waals surface area contributed by atoms with Crippen LogP contribution in [-0.4, -0.2) is 61.6 Å². The number of phenolic OH excluding ortho intramolecular Hbond substituents is 1. The Bertz CT molecular complexity index is 426. The summed E-state index contributed by atoms with van der Waals surface area (Å²) in [6, 6.07) is 5.20. The van der Waals surface area contributed by atoms with E-state index in [1.807, 2.05) is 6.07 Å². The first kappa shape index (κ1) is 12.7. The number of hydrazone groups is 1. The van der Waals surface area contributed by atoms with Gasteiger partial charge in [-0.3, -0.25) is 5.01 Å². The zero-order chi connectivity index (χ0) is 13.0. The molecule has 98 valence electrons. The molecule has 0 amide bonds. The second kappa shape index (κ2) is 5.73. The number of piperazine rings is 1. The van der Waals surface area contributed by atoms with Crippen molar-refractivity contribution in [3.8, 4) is 11.5 Å². The number of hydrogen-bond acceptors (Lipinski definition) is 5. The highest BCUT2D eigenvalue weighted by atomic mass is 16.5. The number of benzene rings is 1. The van der Waals surface area contributed by atoms with E-state index in [2.05, 4.69) is 22.1 Å². The largest absolute Gasteiger partial charge is 0.504 e. The van der Waals surface area contributed by atoms with E-state index in [1.165, 1.54) is 7.11 Å². The molecule has 1 aliphatic rings. The summed E-state index contributed by atoms with van der Waals surface area (Å²) in [5, 5.41) is 16.0. The lowest BCUT2D eigenvalue weighted by atomic mass is 10.2. The standard InChI is InChI=1S/C13H19N3O2/c1-15-5-7-16(8-6-15)14-10-11-3-4-12(17)13(9-11)18-2/h3-4,9-10,17H,5-8H2,1-2H3. The molecule has 18 heavy (non-hydrogen) atoms. The maximum atomic E-state index is 9.50. The first-order valence-corrected chi connectivity index (χ1v) is 6.03. The minimum Gasteiger partial charge on any atom is -0.504 e. The molecule has 0 aliphatic carbocycles. The monoisotopic (exact) mass is 249 g/mol. The quantitative estimate of drug-likeness (QED) is 0.811. The van der Waals surface area contributed by atoms with Crippen LogP contribution in [0.15, 0.2) is 23.3 Å². The average Bonchev–Trinajstić information content (AvgIpc) is 2.39. The fourth-order valence-corrected chi connectivity index (χ4v) is 1.83. The van der Waals surface area contributed by atoms with Crippen molar-refractivity contribution in [2.45, 2.75) is 0 Å². The fraction of sp³-hybridized carbons (Fsp3) is 0.462. The predicted octanol–water partition coefficient (Wildman–Crippen LogP) is 0.982. The molecule has 5 nitrogen and oxygen atoms in total. The minimum absolute atomic E-state index is 0.147. The van der Waals surface area contributed by atoms with Crippen LogP contribution in [0.5, 0.6) is 11.5 Å². The number of phenols is 1. The van der Waals surface area contributed by atoms with Gasteiger partial charge in [0.1, 0.15) is 0 Å². The van der Waals surface area contributed by atoms with E-state index in [1.54, 1.807) is 18.3 Å². The molecule has 0 radical (unpaired) electrons. The molecule has 1 heterocycles. The van der Waals surface area contributed by atoms with Gasteiger partial charge in [0.2, 0.25) is 0 Å². The van der Waals surface area contributed by atoms with Crippen molar-refractivity contribution in [3.63, 3.8) is 0 Å². The number of aromatic hydroxyl groups is 1. The zero-order valence-corrected chi connectivity index (χ0v) is 10.8. The number of nitrogens with zero attached hydrogens (tertiary/aromatic N) is 3. The maximum absolute atomic E-state index is 9.50. The van der Waals surface area contributed by atoms with Crippen LogP contribution < -0.4 is 4.74 Å². The highest BCUT2D eigenvalue weighted by molar-refractivity contribution is 5.80. The summed E-state index contributed by atoms with van der Waals surface area (Å²) in [6.07, 6.45) is 1.80. The van der Waals surface area contributed by atoms with Gasteiger partial charge in [0.05, 0.1) is 13.3 Å². The van der Waals surface area contributed by atoms with E-state index < -0.39 is 0 Å². The summed E-state index contributed by atoms with van der Waals surface area (Å²) in [6.45, 7) is 3.97. The third kappa shape index (κ3) is 3.13. The van der Waals surface area contributed by atoms with Crippen LogP contribution in [0.3, 0.4) is 0 Å². The Balaban J connectivity index is 2.00. The molecule has 0 aromatic heterocycles. The van der Waals surface area contributed by atoms with E-state index in [9.17, 15) is 5.11 Å². The predicted molar refractivity (Wildman–Crippen MR) is 71.3 cm³/mol. The summed E-state index contributed by atoms with van der Waals surface area (Å²) in [7, 11) is 3.66. The van der Waals surface area contributed by atoms with Crippen LogP contribution in [0.1, 0.15) is 5.56 Å². The van der Waals surface area contributed by atoms with Gasteiger partial charge >= 0.3 is 0 Å². The molecule has 1 aromatic carbocycles. The van der Waals surface area contributed by atoms with Gasteiger partial charge in [0.15, 0.2) is 11.5 Å². The van der Waals surface area contributed by atoms with Crippen LogP contribution in [0.25, 0.3) is 0 Å². The SMILES string of the molecule is COc1cc(C=NN2CCN(C)CC2)ccc1O. The van der Waals surface area contributed by atoms with E-state index in [0.29, 0.717) is 5.75 Å². The van der Waals surface area contributed by atoms with Crippen molar-refractivity contribution >= 4 is 6.21 Å². The third-order valence-electron chi connectivity index (χ3n) is 3.05. The molecule has 0 atom stereocenters. The Morgan fingerprint density at radius 1 is 1.28 bits per heavy atom. The van der Waals surface area contributed by atoms with Gasteiger partial charge in [-0.05, 0) is 30.8 Å². The van der Waals surface area contributed by atoms with Crippen molar-refractivity contribution in [1.29, 1.82) is 0 Å². The molecule has 5 heteroatoms. The molecule has 1 N–H and O–H groups in total. The van der Waals surface area contributed by atoms with Gasteiger partial charge in [-0.15, -0.1) is 0 Å². The molecular formula is C13H19N3O2. The van der Waals surface area contributed by atoms with Gasteiger partial charge in [-0.2, -0.15) is 5.10 Å². The summed E-state index contributed by atoms with van der Waals surface area (Å²) in [5.74, 6) is 0.617. The van der Waals surface area contributed by atoms with Crippen LogP contribution in [-0.2, 0) is 0 Å². The summed E-state index contributed by atoms with van der Waals surface area (Å²) in [4.78, 5) is 2.29. The first-order chi connectivity index (χ1) is 8.69.